The Morgan fingerprint density at radius 3 is 1.68 bits per heavy atom. The molecular weight excluding hydrogens is 520 g/mol. The van der Waals surface area contributed by atoms with E-state index in [1.54, 1.807) is 36.4 Å². The molecular formula is C33H26N2O6. The molecule has 4 aromatic rings. The number of fused-ring (bicyclic) bond motifs is 2. The average Bonchev–Trinajstić information content (AvgIpc) is 3.33. The highest BCUT2D eigenvalue weighted by Gasteiger charge is 2.36. The monoisotopic (exact) mass is 546 g/mol. The normalized spacial score (nSPS) is 14.4. The van der Waals surface area contributed by atoms with Crippen molar-refractivity contribution in [2.75, 3.05) is 14.1 Å². The Kier molecular flexibility index (Phi) is 5.99. The van der Waals surface area contributed by atoms with E-state index in [2.05, 4.69) is 13.8 Å². The molecule has 0 aromatic heterocycles. The molecule has 0 atom stereocenters. The number of amides is 4. The zero-order valence-electron chi connectivity index (χ0n) is 22.9. The topological polar surface area (TPSA) is 93.2 Å². The largest absolute Gasteiger partial charge is 0.457 e. The highest BCUT2D eigenvalue weighted by atomic mass is 16.5. The molecule has 0 fully saturated rings. The van der Waals surface area contributed by atoms with Crippen LogP contribution < -0.4 is 9.47 Å². The minimum Gasteiger partial charge on any atom is -0.457 e. The number of hydrogen-bond acceptors (Lipinski definition) is 6. The second kappa shape index (κ2) is 9.45. The lowest BCUT2D eigenvalue weighted by Gasteiger charge is -2.26. The van der Waals surface area contributed by atoms with Gasteiger partial charge in [0.05, 0.1) is 22.3 Å². The molecule has 4 amide bonds. The SMILES string of the molecule is CN1C(=O)c2ccc(Oc3ccc(C(C)(C)c4ccc(Oc5cccc6c5C(=O)N(C)C6=O)cc4)cc3)cc2C1=O. The summed E-state index contributed by atoms with van der Waals surface area (Å²) in [6.45, 7) is 4.23. The molecule has 2 heterocycles. The van der Waals surface area contributed by atoms with Crippen LogP contribution in [-0.4, -0.2) is 47.5 Å². The van der Waals surface area contributed by atoms with Crippen molar-refractivity contribution < 1.29 is 28.7 Å². The summed E-state index contributed by atoms with van der Waals surface area (Å²) in [6, 6.07) is 25.2. The summed E-state index contributed by atoms with van der Waals surface area (Å²) in [4.78, 5) is 51.5. The van der Waals surface area contributed by atoms with Gasteiger partial charge in [-0.2, -0.15) is 0 Å². The van der Waals surface area contributed by atoms with Gasteiger partial charge in [0.1, 0.15) is 23.0 Å². The lowest BCUT2D eigenvalue weighted by Crippen LogP contribution is -2.24. The Bertz CT molecular complexity index is 1760. The van der Waals surface area contributed by atoms with Gasteiger partial charge in [-0.15, -0.1) is 0 Å². The van der Waals surface area contributed by atoms with Gasteiger partial charge in [0.2, 0.25) is 0 Å². The van der Waals surface area contributed by atoms with E-state index in [1.165, 1.54) is 14.1 Å². The number of carbonyl (C=O) groups excluding carboxylic acids is 4. The first-order chi connectivity index (χ1) is 19.6. The van der Waals surface area contributed by atoms with Crippen molar-refractivity contribution in [1.82, 2.24) is 9.80 Å². The van der Waals surface area contributed by atoms with Crippen LogP contribution in [0, 0.1) is 0 Å². The van der Waals surface area contributed by atoms with E-state index >= 15 is 0 Å². The van der Waals surface area contributed by atoms with E-state index in [-0.39, 0.29) is 34.6 Å². The molecule has 0 saturated carbocycles. The van der Waals surface area contributed by atoms with Crippen molar-refractivity contribution in [3.63, 3.8) is 0 Å². The van der Waals surface area contributed by atoms with Gasteiger partial charge in [0.25, 0.3) is 23.6 Å². The fourth-order valence-corrected chi connectivity index (χ4v) is 5.17. The van der Waals surface area contributed by atoms with Crippen LogP contribution in [0.4, 0.5) is 0 Å². The first-order valence-electron chi connectivity index (χ1n) is 13.0. The predicted molar refractivity (Wildman–Crippen MR) is 151 cm³/mol. The zero-order chi connectivity index (χ0) is 29.1. The molecule has 0 spiro atoms. The van der Waals surface area contributed by atoms with E-state index < -0.39 is 0 Å². The van der Waals surface area contributed by atoms with E-state index in [9.17, 15) is 19.2 Å². The van der Waals surface area contributed by atoms with Gasteiger partial charge >= 0.3 is 0 Å². The summed E-state index contributed by atoms with van der Waals surface area (Å²) in [7, 11) is 2.92. The third kappa shape index (κ3) is 4.24. The van der Waals surface area contributed by atoms with Gasteiger partial charge in [-0.25, -0.2) is 0 Å². The van der Waals surface area contributed by atoms with E-state index in [1.807, 2.05) is 48.5 Å². The van der Waals surface area contributed by atoms with Crippen LogP contribution in [0.3, 0.4) is 0 Å². The fourth-order valence-electron chi connectivity index (χ4n) is 5.17. The maximum atomic E-state index is 12.6. The van der Waals surface area contributed by atoms with Crippen molar-refractivity contribution in [1.29, 1.82) is 0 Å². The highest BCUT2D eigenvalue weighted by Crippen LogP contribution is 2.37. The van der Waals surface area contributed by atoms with Gasteiger partial charge in [-0.1, -0.05) is 44.2 Å². The summed E-state index contributed by atoms with van der Waals surface area (Å²) >= 11 is 0. The summed E-state index contributed by atoms with van der Waals surface area (Å²) in [6.07, 6.45) is 0. The van der Waals surface area contributed by atoms with E-state index in [0.717, 1.165) is 20.9 Å². The zero-order valence-corrected chi connectivity index (χ0v) is 22.9. The second-order valence-corrected chi connectivity index (χ2v) is 10.6. The highest BCUT2D eigenvalue weighted by molar-refractivity contribution is 6.22. The van der Waals surface area contributed by atoms with Crippen molar-refractivity contribution in [3.05, 3.63) is 118 Å². The molecule has 4 aromatic carbocycles. The van der Waals surface area contributed by atoms with Crippen LogP contribution in [-0.2, 0) is 5.41 Å². The van der Waals surface area contributed by atoms with Gasteiger partial charge < -0.3 is 9.47 Å². The van der Waals surface area contributed by atoms with Crippen molar-refractivity contribution in [2.45, 2.75) is 19.3 Å². The number of hydrogen-bond donors (Lipinski definition) is 0. The molecule has 0 unspecified atom stereocenters. The van der Waals surface area contributed by atoms with Crippen LogP contribution in [0.5, 0.6) is 23.0 Å². The van der Waals surface area contributed by atoms with Gasteiger partial charge in [-0.05, 0) is 65.7 Å². The van der Waals surface area contributed by atoms with Crippen molar-refractivity contribution in [2.24, 2.45) is 0 Å². The van der Waals surface area contributed by atoms with E-state index in [4.69, 9.17) is 9.47 Å². The number of rotatable bonds is 6. The Morgan fingerprint density at radius 2 is 1.05 bits per heavy atom. The molecule has 8 nitrogen and oxygen atoms in total. The number of ether oxygens (including phenoxy) is 2. The van der Waals surface area contributed by atoms with Crippen molar-refractivity contribution in [3.8, 4) is 23.0 Å². The fraction of sp³-hybridized carbons (Fsp3) is 0.152. The molecule has 41 heavy (non-hydrogen) atoms. The number of benzene rings is 4. The summed E-state index contributed by atoms with van der Waals surface area (Å²) < 4.78 is 12.0. The molecule has 0 aliphatic carbocycles. The summed E-state index contributed by atoms with van der Waals surface area (Å²) in [5, 5.41) is 0. The Hall–Kier alpha value is -5.24. The number of carbonyl (C=O) groups is 4. The van der Waals surface area contributed by atoms with Crippen LogP contribution in [0.25, 0.3) is 0 Å². The van der Waals surface area contributed by atoms with Crippen LogP contribution >= 0.6 is 0 Å². The summed E-state index contributed by atoms with van der Waals surface area (Å²) in [5.41, 5.74) is 3.09. The standard InChI is InChI=1S/C33H26N2O6/c1-33(2,19-8-12-21(13-9-19)40-23-16-17-24-26(18-23)31(38)34(3)29(24)36)20-10-14-22(15-11-20)41-27-7-5-6-25-28(27)32(39)35(4)30(25)37/h5-18H,1-4H3. The molecule has 204 valence electrons. The predicted octanol–water partition coefficient (Wildman–Crippen LogP) is 6.05. The van der Waals surface area contributed by atoms with Crippen LogP contribution in [0.1, 0.15) is 66.4 Å². The lowest BCUT2D eigenvalue weighted by atomic mass is 9.78. The van der Waals surface area contributed by atoms with Gasteiger partial charge in [0.15, 0.2) is 0 Å². The first kappa shape index (κ1) is 26.0. The number of nitrogens with zero attached hydrogens (tertiary/aromatic N) is 2. The maximum absolute atomic E-state index is 12.6. The van der Waals surface area contributed by atoms with Gasteiger partial charge in [-0.3, -0.25) is 29.0 Å². The Labute approximate surface area is 236 Å². The third-order valence-electron chi connectivity index (χ3n) is 7.76. The van der Waals surface area contributed by atoms with E-state index in [0.29, 0.717) is 39.7 Å². The first-order valence-corrected chi connectivity index (χ1v) is 13.0. The molecule has 0 saturated heterocycles. The quantitative estimate of drug-likeness (QED) is 0.274. The molecule has 0 N–H and O–H groups in total. The lowest BCUT2D eigenvalue weighted by molar-refractivity contribution is 0.0677. The second-order valence-electron chi connectivity index (χ2n) is 10.6. The molecule has 8 heteroatoms. The maximum Gasteiger partial charge on any atom is 0.265 e. The smallest absolute Gasteiger partial charge is 0.265 e. The summed E-state index contributed by atoms with van der Waals surface area (Å²) in [5.74, 6) is 0.612. The molecule has 6 rings (SSSR count). The minimum atomic E-state index is -0.377. The Morgan fingerprint density at radius 1 is 0.537 bits per heavy atom. The molecule has 0 radical (unpaired) electrons. The van der Waals surface area contributed by atoms with Crippen LogP contribution in [0.2, 0.25) is 0 Å². The minimum absolute atomic E-state index is 0.277. The third-order valence-corrected chi connectivity index (χ3v) is 7.76. The Balaban J connectivity index is 1.17. The molecule has 0 bridgehead atoms. The molecule has 2 aliphatic heterocycles. The van der Waals surface area contributed by atoms with Crippen molar-refractivity contribution >= 4 is 23.6 Å². The average molecular weight is 547 g/mol. The van der Waals surface area contributed by atoms with Gasteiger partial charge in [0, 0.05) is 19.5 Å². The number of imide groups is 2. The molecule has 2 aliphatic rings. The van der Waals surface area contributed by atoms with Crippen LogP contribution in [0.15, 0.2) is 84.9 Å².